The van der Waals surface area contributed by atoms with Crippen molar-refractivity contribution < 1.29 is 19.4 Å². The van der Waals surface area contributed by atoms with Crippen LogP contribution in [-0.2, 0) is 16.1 Å². The number of carboxylic acids is 1. The Morgan fingerprint density at radius 2 is 1.74 bits per heavy atom. The van der Waals surface area contributed by atoms with Gasteiger partial charge in [0, 0.05) is 18.9 Å². The molecule has 1 rings (SSSR count). The van der Waals surface area contributed by atoms with Gasteiger partial charge in [-0.3, -0.25) is 4.79 Å². The Hall–Kier alpha value is -2.04. The summed E-state index contributed by atoms with van der Waals surface area (Å²) in [6, 6.07) is 7.72. The van der Waals surface area contributed by atoms with Crippen molar-refractivity contribution in [3.8, 4) is 5.75 Å². The number of carbonyl (C=O) groups excluding carboxylic acids is 2. The topological polar surface area (TPSA) is 78.5 Å². The first kappa shape index (κ1) is 19.0. The second-order valence-corrected chi connectivity index (χ2v) is 5.56. The minimum Gasteiger partial charge on any atom is -0.550 e. The van der Waals surface area contributed by atoms with Gasteiger partial charge in [0.25, 0.3) is 0 Å². The lowest BCUT2D eigenvalue weighted by Crippen LogP contribution is -2.22. The SMILES string of the molecule is CCCCOc1ccc(CNC(=O)CCCCCC(=O)[O-])cc1. The lowest BCUT2D eigenvalue weighted by molar-refractivity contribution is -0.305. The first-order valence-electron chi connectivity index (χ1n) is 8.30. The van der Waals surface area contributed by atoms with Gasteiger partial charge in [-0.1, -0.05) is 31.9 Å². The summed E-state index contributed by atoms with van der Waals surface area (Å²) in [5.41, 5.74) is 1.03. The number of hydrogen-bond acceptors (Lipinski definition) is 4. The minimum absolute atomic E-state index is 0.0123. The van der Waals surface area contributed by atoms with Gasteiger partial charge in [0.2, 0.25) is 5.91 Å². The largest absolute Gasteiger partial charge is 0.550 e. The zero-order chi connectivity index (χ0) is 16.9. The number of benzene rings is 1. The Morgan fingerprint density at radius 3 is 2.39 bits per heavy atom. The molecule has 5 heteroatoms. The van der Waals surface area contributed by atoms with Crippen LogP contribution >= 0.6 is 0 Å². The smallest absolute Gasteiger partial charge is 0.220 e. The van der Waals surface area contributed by atoms with Crippen molar-refractivity contribution in [2.24, 2.45) is 0 Å². The molecule has 0 fully saturated rings. The van der Waals surface area contributed by atoms with Gasteiger partial charge in [0.1, 0.15) is 5.75 Å². The van der Waals surface area contributed by atoms with Gasteiger partial charge in [0.05, 0.1) is 6.61 Å². The number of amides is 1. The predicted octanol–water partition coefficient (Wildman–Crippen LogP) is 2.18. The molecule has 0 aliphatic carbocycles. The summed E-state index contributed by atoms with van der Waals surface area (Å²) in [4.78, 5) is 21.9. The van der Waals surface area contributed by atoms with E-state index in [9.17, 15) is 14.7 Å². The lowest BCUT2D eigenvalue weighted by atomic mass is 10.1. The second kappa shape index (κ2) is 11.5. The van der Waals surface area contributed by atoms with Crippen molar-refractivity contribution in [2.75, 3.05) is 6.61 Å². The molecule has 0 radical (unpaired) electrons. The van der Waals surface area contributed by atoms with E-state index < -0.39 is 5.97 Å². The number of nitrogens with one attached hydrogen (secondary N) is 1. The second-order valence-electron chi connectivity index (χ2n) is 5.56. The van der Waals surface area contributed by atoms with E-state index in [0.717, 1.165) is 37.2 Å². The maximum absolute atomic E-state index is 11.7. The number of rotatable bonds is 12. The number of aliphatic carboxylic acids is 1. The average molecular weight is 320 g/mol. The van der Waals surface area contributed by atoms with Gasteiger partial charge in [-0.25, -0.2) is 0 Å². The van der Waals surface area contributed by atoms with Gasteiger partial charge in [-0.2, -0.15) is 0 Å². The summed E-state index contributed by atoms with van der Waals surface area (Å²) >= 11 is 0. The quantitative estimate of drug-likeness (QED) is 0.599. The van der Waals surface area contributed by atoms with Gasteiger partial charge in [-0.05, 0) is 43.4 Å². The molecular formula is C18H26NO4-. The third-order valence-corrected chi connectivity index (χ3v) is 3.46. The van der Waals surface area contributed by atoms with Gasteiger partial charge >= 0.3 is 0 Å². The number of unbranched alkanes of at least 4 members (excludes halogenated alkanes) is 3. The van der Waals surface area contributed by atoms with Crippen LogP contribution in [0.25, 0.3) is 0 Å². The normalized spacial score (nSPS) is 10.3. The molecule has 128 valence electrons. The molecule has 0 unspecified atom stereocenters. The summed E-state index contributed by atoms with van der Waals surface area (Å²) in [5, 5.41) is 13.1. The molecule has 0 aliphatic rings. The van der Waals surface area contributed by atoms with Crippen LogP contribution in [0.15, 0.2) is 24.3 Å². The molecule has 1 aromatic rings. The Labute approximate surface area is 138 Å². The number of hydrogen-bond donors (Lipinski definition) is 1. The molecule has 1 amide bonds. The van der Waals surface area contributed by atoms with Crippen molar-refractivity contribution >= 4 is 11.9 Å². The molecule has 0 heterocycles. The van der Waals surface area contributed by atoms with Crippen molar-refractivity contribution in [3.63, 3.8) is 0 Å². The van der Waals surface area contributed by atoms with Crippen molar-refractivity contribution in [3.05, 3.63) is 29.8 Å². The molecule has 0 atom stereocenters. The lowest BCUT2D eigenvalue weighted by Gasteiger charge is -2.08. The van der Waals surface area contributed by atoms with E-state index in [-0.39, 0.29) is 12.3 Å². The molecule has 0 aromatic heterocycles. The molecule has 5 nitrogen and oxygen atoms in total. The molecule has 23 heavy (non-hydrogen) atoms. The maximum Gasteiger partial charge on any atom is 0.220 e. The van der Waals surface area contributed by atoms with Gasteiger partial charge in [-0.15, -0.1) is 0 Å². The molecule has 0 bridgehead atoms. The van der Waals surface area contributed by atoms with Crippen LogP contribution < -0.4 is 15.2 Å². The molecule has 0 saturated carbocycles. The van der Waals surface area contributed by atoms with Crippen molar-refractivity contribution in [1.29, 1.82) is 0 Å². The number of carboxylic acid groups (broad SMARTS) is 1. The van der Waals surface area contributed by atoms with Gasteiger partial charge in [0.15, 0.2) is 0 Å². The predicted molar refractivity (Wildman–Crippen MR) is 86.8 cm³/mol. The zero-order valence-corrected chi connectivity index (χ0v) is 13.8. The van der Waals surface area contributed by atoms with E-state index >= 15 is 0 Å². The summed E-state index contributed by atoms with van der Waals surface area (Å²) in [7, 11) is 0. The first-order valence-corrected chi connectivity index (χ1v) is 8.30. The summed E-state index contributed by atoms with van der Waals surface area (Å²) in [6.45, 7) is 3.34. The standard InChI is InChI=1S/C18H27NO4/c1-2-3-13-23-16-11-9-15(10-12-16)14-19-17(20)7-5-4-6-8-18(21)22/h9-12H,2-8,13-14H2,1H3,(H,19,20)(H,21,22)/p-1. The summed E-state index contributed by atoms with van der Waals surface area (Å²) in [5.74, 6) is -0.195. The number of ether oxygens (including phenoxy) is 1. The highest BCUT2D eigenvalue weighted by atomic mass is 16.5. The highest BCUT2D eigenvalue weighted by Crippen LogP contribution is 2.12. The van der Waals surface area contributed by atoms with Crippen molar-refractivity contribution in [1.82, 2.24) is 5.32 Å². The van der Waals surface area contributed by atoms with E-state index in [4.69, 9.17) is 4.74 Å². The molecule has 1 N–H and O–H groups in total. The van der Waals surface area contributed by atoms with E-state index in [1.54, 1.807) is 0 Å². The van der Waals surface area contributed by atoms with Gasteiger partial charge < -0.3 is 20.0 Å². The monoisotopic (exact) mass is 320 g/mol. The zero-order valence-electron chi connectivity index (χ0n) is 13.8. The highest BCUT2D eigenvalue weighted by molar-refractivity contribution is 5.75. The number of carbonyl (C=O) groups is 2. The Bertz CT molecular complexity index is 470. The van der Waals surface area contributed by atoms with Crippen LogP contribution in [0.2, 0.25) is 0 Å². The van der Waals surface area contributed by atoms with Crippen LogP contribution in [0.5, 0.6) is 5.75 Å². The third kappa shape index (κ3) is 9.55. The average Bonchev–Trinajstić information content (AvgIpc) is 2.54. The van der Waals surface area contributed by atoms with E-state index in [1.165, 1.54) is 0 Å². The van der Waals surface area contributed by atoms with Crippen LogP contribution in [0.4, 0.5) is 0 Å². The van der Waals surface area contributed by atoms with E-state index in [0.29, 0.717) is 25.8 Å². The van der Waals surface area contributed by atoms with Crippen LogP contribution in [0.1, 0.15) is 57.4 Å². The molecule has 0 saturated heterocycles. The fraction of sp³-hybridized carbons (Fsp3) is 0.556. The Balaban J connectivity index is 2.16. The van der Waals surface area contributed by atoms with Crippen molar-refractivity contribution in [2.45, 2.75) is 58.4 Å². The highest BCUT2D eigenvalue weighted by Gasteiger charge is 2.02. The Kier molecular flexibility index (Phi) is 9.52. The van der Waals surface area contributed by atoms with Crippen LogP contribution in [0, 0.1) is 0 Å². The van der Waals surface area contributed by atoms with E-state index in [2.05, 4.69) is 12.2 Å². The van der Waals surface area contributed by atoms with E-state index in [1.807, 2.05) is 24.3 Å². The maximum atomic E-state index is 11.7. The first-order chi connectivity index (χ1) is 11.1. The minimum atomic E-state index is -1.03. The third-order valence-electron chi connectivity index (χ3n) is 3.46. The summed E-state index contributed by atoms with van der Waals surface area (Å²) < 4.78 is 5.59. The Morgan fingerprint density at radius 1 is 1.04 bits per heavy atom. The molecular weight excluding hydrogens is 294 g/mol. The fourth-order valence-corrected chi connectivity index (χ4v) is 2.06. The molecule has 0 spiro atoms. The van der Waals surface area contributed by atoms with Crippen LogP contribution in [0.3, 0.4) is 0 Å². The summed E-state index contributed by atoms with van der Waals surface area (Å²) in [6.07, 6.45) is 4.63. The molecule has 1 aromatic carbocycles. The van der Waals surface area contributed by atoms with Crippen LogP contribution in [-0.4, -0.2) is 18.5 Å². The molecule has 0 aliphatic heterocycles. The fourth-order valence-electron chi connectivity index (χ4n) is 2.06.